The van der Waals surface area contributed by atoms with Crippen LogP contribution in [0.5, 0.6) is 0 Å². The van der Waals surface area contributed by atoms with Crippen LogP contribution in [0.1, 0.15) is 24.2 Å². The number of carbonyl (C=O) groups excluding carboxylic acids is 2. The third-order valence-electron chi connectivity index (χ3n) is 3.85. The molecular formula is C17H22ClFN2O4. The number of alkyl halides is 1. The number of nitrogens with zero attached hydrogens (tertiary/aromatic N) is 1. The average molecular weight is 373 g/mol. The Kier molecular flexibility index (Phi) is 7.01. The molecule has 1 aliphatic rings. The minimum Gasteiger partial charge on any atom is -0.459 e. The zero-order valence-corrected chi connectivity index (χ0v) is 15.1. The second kappa shape index (κ2) is 9.01. The fourth-order valence-corrected chi connectivity index (χ4v) is 2.86. The number of halogens is 2. The lowest BCUT2D eigenvalue weighted by Gasteiger charge is -2.30. The van der Waals surface area contributed by atoms with Gasteiger partial charge in [0.2, 0.25) is 0 Å². The first-order valence-corrected chi connectivity index (χ1v) is 8.60. The number of hydrogen-bond acceptors (Lipinski definition) is 6. The maximum atomic E-state index is 14.9. The van der Waals surface area contributed by atoms with E-state index in [2.05, 4.69) is 5.32 Å². The summed E-state index contributed by atoms with van der Waals surface area (Å²) >= 11 is 5.76. The Bertz CT molecular complexity index is 635. The molecule has 1 aliphatic heterocycles. The fraction of sp³-hybridized carbons (Fsp3) is 0.529. The van der Waals surface area contributed by atoms with Gasteiger partial charge in [-0.3, -0.25) is 9.59 Å². The largest absolute Gasteiger partial charge is 0.459 e. The Labute approximate surface area is 151 Å². The molecule has 6 nitrogen and oxygen atoms in total. The smallest absolute Gasteiger partial charge is 0.303 e. The monoisotopic (exact) mass is 372 g/mol. The van der Waals surface area contributed by atoms with Gasteiger partial charge in [-0.1, -0.05) is 0 Å². The fourth-order valence-electron chi connectivity index (χ4n) is 2.69. The topological polar surface area (TPSA) is 67.9 Å². The molecule has 1 fully saturated rings. The third-order valence-corrected chi connectivity index (χ3v) is 4.19. The van der Waals surface area contributed by atoms with Crippen molar-refractivity contribution >= 4 is 34.7 Å². The van der Waals surface area contributed by atoms with Crippen LogP contribution in [0.3, 0.4) is 0 Å². The van der Waals surface area contributed by atoms with Crippen LogP contribution < -0.4 is 10.2 Å². The molecule has 2 rings (SSSR count). The molecule has 0 saturated carbocycles. The highest BCUT2D eigenvalue weighted by Gasteiger charge is 2.22. The maximum Gasteiger partial charge on any atom is 0.303 e. The van der Waals surface area contributed by atoms with E-state index in [0.29, 0.717) is 37.7 Å². The van der Waals surface area contributed by atoms with Crippen molar-refractivity contribution in [3.05, 3.63) is 23.5 Å². The van der Waals surface area contributed by atoms with Crippen LogP contribution in [0, 0.1) is 5.82 Å². The van der Waals surface area contributed by atoms with Gasteiger partial charge in [0, 0.05) is 25.7 Å². The summed E-state index contributed by atoms with van der Waals surface area (Å²) in [5, 5.41) is 2.96. The van der Waals surface area contributed by atoms with Gasteiger partial charge >= 0.3 is 5.97 Å². The number of benzene rings is 1. The van der Waals surface area contributed by atoms with Crippen molar-refractivity contribution in [2.45, 2.75) is 20.0 Å². The first-order chi connectivity index (χ1) is 11.9. The lowest BCUT2D eigenvalue weighted by atomic mass is 10.1. The van der Waals surface area contributed by atoms with Crippen LogP contribution in [0.4, 0.5) is 15.8 Å². The van der Waals surface area contributed by atoms with Gasteiger partial charge in [0.05, 0.1) is 36.9 Å². The number of ether oxygens (including phenoxy) is 2. The van der Waals surface area contributed by atoms with Crippen molar-refractivity contribution in [1.29, 1.82) is 0 Å². The summed E-state index contributed by atoms with van der Waals surface area (Å²) in [6, 6.07) is 3.29. The van der Waals surface area contributed by atoms with Crippen LogP contribution in [-0.4, -0.2) is 56.6 Å². The van der Waals surface area contributed by atoms with Crippen LogP contribution >= 0.6 is 11.6 Å². The molecule has 1 heterocycles. The van der Waals surface area contributed by atoms with Crippen molar-refractivity contribution in [2.24, 2.45) is 0 Å². The van der Waals surface area contributed by atoms with Crippen LogP contribution in [0.2, 0.25) is 0 Å². The summed E-state index contributed by atoms with van der Waals surface area (Å²) in [6.07, 6.45) is -0.569. The van der Waals surface area contributed by atoms with Crippen LogP contribution in [-0.2, 0) is 14.3 Å². The van der Waals surface area contributed by atoms with Gasteiger partial charge in [0.25, 0.3) is 0 Å². The number of rotatable bonds is 7. The molecule has 138 valence electrons. The lowest BCUT2D eigenvalue weighted by Crippen LogP contribution is -2.37. The number of anilines is 2. The number of esters is 1. The van der Waals surface area contributed by atoms with Crippen molar-refractivity contribution in [1.82, 2.24) is 0 Å². The van der Waals surface area contributed by atoms with E-state index >= 15 is 0 Å². The molecule has 0 aromatic heterocycles. The summed E-state index contributed by atoms with van der Waals surface area (Å²) in [5.41, 5.74) is 0.720. The molecule has 0 amide bonds. The normalized spacial score (nSPS) is 15.6. The summed E-state index contributed by atoms with van der Waals surface area (Å²) in [6.45, 7) is 4.97. The highest BCUT2D eigenvalue weighted by Crippen LogP contribution is 2.29. The van der Waals surface area contributed by atoms with E-state index in [-0.39, 0.29) is 23.8 Å². The summed E-state index contributed by atoms with van der Waals surface area (Å²) in [5.74, 6) is -1.30. The maximum absolute atomic E-state index is 14.9. The van der Waals surface area contributed by atoms with Crippen molar-refractivity contribution in [3.63, 3.8) is 0 Å². The van der Waals surface area contributed by atoms with Gasteiger partial charge in [0.1, 0.15) is 6.10 Å². The Hall–Kier alpha value is -1.86. The molecule has 1 aromatic carbocycles. The van der Waals surface area contributed by atoms with E-state index < -0.39 is 17.9 Å². The second-order valence-corrected chi connectivity index (χ2v) is 6.05. The molecule has 1 atom stereocenters. The van der Waals surface area contributed by atoms with Gasteiger partial charge in [-0.2, -0.15) is 0 Å². The summed E-state index contributed by atoms with van der Waals surface area (Å²) in [7, 11) is 0. The SMILES string of the molecule is CC(=O)O[C@@H](CCl)CNc1ccc(N2CCOCC2)c(F)c1C(C)=O. The number of Topliss-reactive ketones (excluding diaryl/α,β-unsaturated/α-hetero) is 1. The first kappa shape index (κ1) is 19.5. The molecule has 0 radical (unpaired) electrons. The molecule has 8 heteroatoms. The molecule has 1 aromatic rings. The zero-order valence-electron chi connectivity index (χ0n) is 14.3. The Morgan fingerprint density at radius 1 is 1.36 bits per heavy atom. The first-order valence-electron chi connectivity index (χ1n) is 8.07. The van der Waals surface area contributed by atoms with E-state index in [1.165, 1.54) is 13.8 Å². The number of nitrogens with one attached hydrogen (secondary N) is 1. The Balaban J connectivity index is 2.21. The standard InChI is InChI=1S/C17H22ClFN2O4/c1-11(22)16-14(20-10-13(9-18)25-12(2)23)3-4-15(17(16)19)21-5-7-24-8-6-21/h3-4,13,20H,5-10H2,1-2H3/t13-/m0/s1. The van der Waals surface area contributed by atoms with E-state index in [4.69, 9.17) is 21.1 Å². The van der Waals surface area contributed by atoms with E-state index in [0.717, 1.165) is 0 Å². The molecule has 0 aliphatic carbocycles. The quantitative estimate of drug-likeness (QED) is 0.450. The molecule has 0 bridgehead atoms. The number of morpholine rings is 1. The van der Waals surface area contributed by atoms with E-state index in [9.17, 15) is 14.0 Å². The summed E-state index contributed by atoms with van der Waals surface area (Å²) in [4.78, 5) is 24.9. The van der Waals surface area contributed by atoms with Crippen molar-refractivity contribution in [2.75, 3.05) is 48.9 Å². The van der Waals surface area contributed by atoms with Crippen LogP contribution in [0.25, 0.3) is 0 Å². The Morgan fingerprint density at radius 3 is 2.60 bits per heavy atom. The predicted octanol–water partition coefficient (Wildman–Crippen LogP) is 2.45. The van der Waals surface area contributed by atoms with E-state index in [1.807, 2.05) is 4.90 Å². The molecule has 0 spiro atoms. The summed E-state index contributed by atoms with van der Waals surface area (Å²) < 4.78 is 25.2. The van der Waals surface area contributed by atoms with Gasteiger partial charge in [-0.25, -0.2) is 4.39 Å². The van der Waals surface area contributed by atoms with Crippen molar-refractivity contribution in [3.8, 4) is 0 Å². The third kappa shape index (κ3) is 5.06. The number of hydrogen-bond donors (Lipinski definition) is 1. The van der Waals surface area contributed by atoms with Gasteiger partial charge in [-0.15, -0.1) is 11.6 Å². The van der Waals surface area contributed by atoms with Gasteiger partial charge in [0.15, 0.2) is 11.6 Å². The molecular weight excluding hydrogens is 351 g/mol. The molecule has 25 heavy (non-hydrogen) atoms. The van der Waals surface area contributed by atoms with Gasteiger partial charge in [-0.05, 0) is 19.1 Å². The van der Waals surface area contributed by atoms with Gasteiger partial charge < -0.3 is 19.7 Å². The Morgan fingerprint density at radius 2 is 2.04 bits per heavy atom. The minimum absolute atomic E-state index is 0.0138. The second-order valence-electron chi connectivity index (χ2n) is 5.74. The zero-order chi connectivity index (χ0) is 18.4. The number of carbonyl (C=O) groups is 2. The predicted molar refractivity (Wildman–Crippen MR) is 94.2 cm³/mol. The van der Waals surface area contributed by atoms with Crippen molar-refractivity contribution < 1.29 is 23.5 Å². The number of ketones is 1. The van der Waals surface area contributed by atoms with Crippen LogP contribution in [0.15, 0.2) is 12.1 Å². The van der Waals surface area contributed by atoms with E-state index in [1.54, 1.807) is 12.1 Å². The molecule has 1 saturated heterocycles. The molecule has 1 N–H and O–H groups in total. The highest BCUT2D eigenvalue weighted by atomic mass is 35.5. The average Bonchev–Trinajstić information content (AvgIpc) is 2.58. The highest BCUT2D eigenvalue weighted by molar-refractivity contribution is 6.18. The lowest BCUT2D eigenvalue weighted by molar-refractivity contribution is -0.144. The molecule has 0 unspecified atom stereocenters. The minimum atomic E-state index is -0.569.